The van der Waals surface area contributed by atoms with Crippen molar-refractivity contribution in [1.82, 2.24) is 30.1 Å². The van der Waals surface area contributed by atoms with Crippen LogP contribution in [0.2, 0.25) is 0 Å². The van der Waals surface area contributed by atoms with Crippen LogP contribution in [-0.4, -0.2) is 36.1 Å². The SMILES string of the molecule is CCC[C@H](c1nnnn1C(C)(C)CC)N(Cc1cc2cc(C)cc(C)c2[nH]c1=O)C1CCCC1. The number of hydrogen-bond donors (Lipinski definition) is 1. The van der Waals surface area contributed by atoms with Crippen LogP contribution in [0.3, 0.4) is 0 Å². The van der Waals surface area contributed by atoms with Gasteiger partial charge < -0.3 is 4.98 Å². The van der Waals surface area contributed by atoms with E-state index in [0.29, 0.717) is 12.6 Å². The molecular weight excluding hydrogens is 424 g/mol. The van der Waals surface area contributed by atoms with Gasteiger partial charge >= 0.3 is 0 Å². The zero-order valence-electron chi connectivity index (χ0n) is 21.7. The lowest BCUT2D eigenvalue weighted by atomic mass is 9.99. The van der Waals surface area contributed by atoms with Crippen LogP contribution < -0.4 is 5.56 Å². The van der Waals surface area contributed by atoms with Crippen LogP contribution in [0.25, 0.3) is 10.9 Å². The van der Waals surface area contributed by atoms with Crippen molar-refractivity contribution in [1.29, 1.82) is 0 Å². The summed E-state index contributed by atoms with van der Waals surface area (Å²) >= 11 is 0. The van der Waals surface area contributed by atoms with Crippen LogP contribution in [-0.2, 0) is 12.1 Å². The first kappa shape index (κ1) is 24.6. The maximum atomic E-state index is 13.2. The fourth-order valence-electron chi connectivity index (χ4n) is 5.48. The van der Waals surface area contributed by atoms with Crippen molar-refractivity contribution < 1.29 is 0 Å². The molecule has 0 aliphatic heterocycles. The number of aromatic amines is 1. The molecule has 4 rings (SSSR count). The molecule has 0 unspecified atom stereocenters. The van der Waals surface area contributed by atoms with Crippen molar-refractivity contribution in [3.8, 4) is 0 Å². The van der Waals surface area contributed by atoms with Gasteiger partial charge in [0, 0.05) is 18.2 Å². The number of aromatic nitrogens is 5. The Bertz CT molecular complexity index is 1190. The van der Waals surface area contributed by atoms with Crippen molar-refractivity contribution in [2.75, 3.05) is 0 Å². The number of rotatable bonds is 9. The van der Waals surface area contributed by atoms with Crippen molar-refractivity contribution >= 4 is 10.9 Å². The molecular formula is C27H40N6O. The molecule has 0 saturated heterocycles. The van der Waals surface area contributed by atoms with E-state index < -0.39 is 0 Å². The summed E-state index contributed by atoms with van der Waals surface area (Å²) in [5, 5.41) is 14.2. The number of aryl methyl sites for hydroxylation is 2. The van der Waals surface area contributed by atoms with Gasteiger partial charge in [-0.15, -0.1) is 5.10 Å². The first-order valence-corrected chi connectivity index (χ1v) is 12.9. The minimum atomic E-state index is -0.165. The second-order valence-electron chi connectivity index (χ2n) is 10.7. The van der Waals surface area contributed by atoms with Gasteiger partial charge in [0.2, 0.25) is 0 Å². The fraction of sp³-hybridized carbons (Fsp3) is 0.630. The molecule has 1 aromatic carbocycles. The highest BCUT2D eigenvalue weighted by Crippen LogP contribution is 2.36. The van der Waals surface area contributed by atoms with Gasteiger partial charge in [-0.3, -0.25) is 9.69 Å². The number of nitrogens with zero attached hydrogens (tertiary/aromatic N) is 5. The highest BCUT2D eigenvalue weighted by atomic mass is 16.1. The van der Waals surface area contributed by atoms with E-state index in [4.69, 9.17) is 0 Å². The molecule has 2 heterocycles. The Labute approximate surface area is 202 Å². The van der Waals surface area contributed by atoms with Crippen LogP contribution in [0, 0.1) is 13.8 Å². The molecule has 1 N–H and O–H groups in total. The summed E-state index contributed by atoms with van der Waals surface area (Å²) in [6.07, 6.45) is 7.71. The molecule has 0 radical (unpaired) electrons. The number of tetrazole rings is 1. The first-order valence-electron chi connectivity index (χ1n) is 12.9. The molecule has 0 amide bonds. The summed E-state index contributed by atoms with van der Waals surface area (Å²) in [5.41, 5.74) is 3.91. The Kier molecular flexibility index (Phi) is 7.22. The number of benzene rings is 1. The smallest absolute Gasteiger partial charge is 0.252 e. The van der Waals surface area contributed by atoms with E-state index in [-0.39, 0.29) is 17.1 Å². The largest absolute Gasteiger partial charge is 0.321 e. The lowest BCUT2D eigenvalue weighted by Crippen LogP contribution is -2.41. The molecule has 2 aromatic heterocycles. The number of pyridine rings is 1. The average Bonchev–Trinajstić information content (AvgIpc) is 3.49. The molecule has 34 heavy (non-hydrogen) atoms. The first-order chi connectivity index (χ1) is 16.2. The molecule has 1 aliphatic rings. The molecule has 184 valence electrons. The summed E-state index contributed by atoms with van der Waals surface area (Å²) < 4.78 is 2.02. The zero-order chi connectivity index (χ0) is 24.5. The number of hydrogen-bond acceptors (Lipinski definition) is 5. The average molecular weight is 465 g/mol. The van der Waals surface area contributed by atoms with Gasteiger partial charge in [0.1, 0.15) is 0 Å². The van der Waals surface area contributed by atoms with Gasteiger partial charge in [-0.2, -0.15) is 0 Å². The number of nitrogens with one attached hydrogen (secondary N) is 1. The Hall–Kier alpha value is -2.54. The summed E-state index contributed by atoms with van der Waals surface area (Å²) in [6, 6.07) is 6.88. The molecule has 1 saturated carbocycles. The minimum Gasteiger partial charge on any atom is -0.321 e. The Balaban J connectivity index is 1.79. The fourth-order valence-corrected chi connectivity index (χ4v) is 5.48. The van der Waals surface area contributed by atoms with Gasteiger partial charge in [0.05, 0.1) is 17.1 Å². The van der Waals surface area contributed by atoms with Crippen LogP contribution in [0.5, 0.6) is 0 Å². The van der Waals surface area contributed by atoms with Gasteiger partial charge in [0.25, 0.3) is 5.56 Å². The molecule has 1 atom stereocenters. The van der Waals surface area contributed by atoms with Crippen LogP contribution in [0.15, 0.2) is 23.0 Å². The third-order valence-electron chi connectivity index (χ3n) is 7.71. The van der Waals surface area contributed by atoms with E-state index in [2.05, 4.69) is 85.2 Å². The summed E-state index contributed by atoms with van der Waals surface area (Å²) in [5.74, 6) is 0.921. The minimum absolute atomic E-state index is 0.00572. The van der Waals surface area contributed by atoms with Crippen molar-refractivity contribution in [2.24, 2.45) is 0 Å². The van der Waals surface area contributed by atoms with Crippen molar-refractivity contribution in [3.05, 3.63) is 51.1 Å². The van der Waals surface area contributed by atoms with E-state index in [1.807, 2.05) is 4.68 Å². The van der Waals surface area contributed by atoms with Crippen molar-refractivity contribution in [2.45, 2.75) is 111 Å². The lowest BCUT2D eigenvalue weighted by molar-refractivity contribution is 0.102. The maximum Gasteiger partial charge on any atom is 0.252 e. The third kappa shape index (κ3) is 4.81. The summed E-state index contributed by atoms with van der Waals surface area (Å²) in [4.78, 5) is 18.9. The molecule has 3 aromatic rings. The van der Waals surface area contributed by atoms with Gasteiger partial charge in [-0.05, 0) is 86.9 Å². The zero-order valence-corrected chi connectivity index (χ0v) is 21.7. The Morgan fingerprint density at radius 3 is 2.59 bits per heavy atom. The number of H-pyrrole nitrogens is 1. The van der Waals surface area contributed by atoms with Gasteiger partial charge in [0.15, 0.2) is 5.82 Å². The lowest BCUT2D eigenvalue weighted by Gasteiger charge is -2.37. The standard InChI is InChI=1S/C27H40N6O/c1-7-11-23(25-29-30-31-33(25)27(5,6)8-2)32(22-12-9-10-13-22)17-21-16-20-15-18(3)14-19(4)24(20)28-26(21)34/h14-16,22-23H,7-13,17H2,1-6H3,(H,28,34)/t23-/m1/s1. The third-order valence-corrected chi connectivity index (χ3v) is 7.71. The molecule has 7 heteroatoms. The van der Waals surface area contributed by atoms with E-state index in [9.17, 15) is 4.79 Å². The topological polar surface area (TPSA) is 79.7 Å². The molecule has 0 bridgehead atoms. The van der Waals surface area contributed by atoms with Crippen molar-refractivity contribution in [3.63, 3.8) is 0 Å². The maximum absolute atomic E-state index is 13.2. The Morgan fingerprint density at radius 2 is 1.91 bits per heavy atom. The predicted molar refractivity (Wildman–Crippen MR) is 137 cm³/mol. The van der Waals surface area contributed by atoms with Crippen LogP contribution in [0.4, 0.5) is 0 Å². The molecule has 1 fully saturated rings. The predicted octanol–water partition coefficient (Wildman–Crippen LogP) is 5.56. The van der Waals surface area contributed by atoms with Crippen LogP contribution in [0.1, 0.15) is 101 Å². The van der Waals surface area contributed by atoms with Crippen LogP contribution >= 0.6 is 0 Å². The Morgan fingerprint density at radius 1 is 1.18 bits per heavy atom. The second-order valence-corrected chi connectivity index (χ2v) is 10.7. The molecule has 1 aliphatic carbocycles. The highest BCUT2D eigenvalue weighted by molar-refractivity contribution is 5.82. The summed E-state index contributed by atoms with van der Waals surface area (Å²) in [6.45, 7) is 13.5. The quantitative estimate of drug-likeness (QED) is 0.448. The van der Waals surface area contributed by atoms with Gasteiger partial charge in [-0.1, -0.05) is 44.7 Å². The monoisotopic (exact) mass is 464 g/mol. The molecule has 7 nitrogen and oxygen atoms in total. The second kappa shape index (κ2) is 9.98. The number of fused-ring (bicyclic) bond motifs is 1. The summed E-state index contributed by atoms with van der Waals surface area (Å²) in [7, 11) is 0. The highest BCUT2D eigenvalue weighted by Gasteiger charge is 2.35. The van der Waals surface area contributed by atoms with Gasteiger partial charge in [-0.25, -0.2) is 4.68 Å². The molecule has 0 spiro atoms. The van der Waals surface area contributed by atoms with E-state index >= 15 is 0 Å². The van der Waals surface area contributed by atoms with E-state index in [1.165, 1.54) is 18.4 Å². The van der Waals surface area contributed by atoms with E-state index in [1.54, 1.807) is 0 Å². The normalized spacial score (nSPS) is 16.1. The van der Waals surface area contributed by atoms with E-state index in [0.717, 1.165) is 60.0 Å².